The molecule has 21 heavy (non-hydrogen) atoms. The zero-order valence-electron chi connectivity index (χ0n) is 11.4. The minimum Gasteiger partial charge on any atom is -0.507 e. The summed E-state index contributed by atoms with van der Waals surface area (Å²) in [6.07, 6.45) is 0. The van der Waals surface area contributed by atoms with Gasteiger partial charge in [-0.15, -0.1) is 0 Å². The predicted octanol–water partition coefficient (Wildman–Crippen LogP) is 4.64. The van der Waals surface area contributed by atoms with Crippen molar-refractivity contribution in [3.8, 4) is 5.75 Å². The Hall–Kier alpha value is -2.07. The summed E-state index contributed by atoms with van der Waals surface area (Å²) in [7, 11) is 0. The van der Waals surface area contributed by atoms with Crippen LogP contribution in [0.5, 0.6) is 5.75 Å². The van der Waals surface area contributed by atoms with Crippen LogP contribution in [-0.4, -0.2) is 17.7 Å². The zero-order valence-corrected chi connectivity index (χ0v) is 13.0. The van der Waals surface area contributed by atoms with Gasteiger partial charge in [-0.2, -0.15) is 0 Å². The van der Waals surface area contributed by atoms with Gasteiger partial charge < -0.3 is 9.84 Å². The SMILES string of the molecule is CCOC(=O)c1cc(O)c2cc3ccccc3c(Br)c2c1. The highest BCUT2D eigenvalue weighted by molar-refractivity contribution is 9.10. The number of esters is 1. The average Bonchev–Trinajstić information content (AvgIpc) is 2.49. The number of hydrogen-bond acceptors (Lipinski definition) is 3. The van der Waals surface area contributed by atoms with Crippen LogP contribution in [0, 0.1) is 0 Å². The molecule has 0 radical (unpaired) electrons. The van der Waals surface area contributed by atoms with E-state index < -0.39 is 5.97 Å². The Morgan fingerprint density at radius 2 is 1.90 bits per heavy atom. The lowest BCUT2D eigenvalue weighted by molar-refractivity contribution is 0.0526. The van der Waals surface area contributed by atoms with Crippen LogP contribution in [0.4, 0.5) is 0 Å². The number of phenols is 1. The van der Waals surface area contributed by atoms with E-state index in [2.05, 4.69) is 15.9 Å². The molecule has 0 aliphatic heterocycles. The standard InChI is InChI=1S/C17H13BrO3/c1-2-21-17(20)11-8-14-13(15(19)9-11)7-10-5-3-4-6-12(10)16(14)18/h3-9,19H,2H2,1H3. The molecule has 0 spiro atoms. The van der Waals surface area contributed by atoms with Gasteiger partial charge in [0, 0.05) is 15.2 Å². The summed E-state index contributed by atoms with van der Waals surface area (Å²) in [5.41, 5.74) is 0.345. The molecule has 0 aromatic heterocycles. The Morgan fingerprint density at radius 1 is 1.14 bits per heavy atom. The number of aromatic hydroxyl groups is 1. The van der Waals surface area contributed by atoms with E-state index in [1.54, 1.807) is 13.0 Å². The minimum absolute atomic E-state index is 0.0713. The highest BCUT2D eigenvalue weighted by atomic mass is 79.9. The first kappa shape index (κ1) is 13.9. The van der Waals surface area contributed by atoms with E-state index in [0.29, 0.717) is 17.6 Å². The zero-order chi connectivity index (χ0) is 15.0. The van der Waals surface area contributed by atoms with Crippen LogP contribution in [0.1, 0.15) is 17.3 Å². The summed E-state index contributed by atoms with van der Waals surface area (Å²) >= 11 is 3.58. The maximum Gasteiger partial charge on any atom is 0.338 e. The van der Waals surface area contributed by atoms with E-state index in [9.17, 15) is 9.90 Å². The van der Waals surface area contributed by atoms with Crippen LogP contribution in [0.3, 0.4) is 0 Å². The first-order chi connectivity index (χ1) is 10.1. The maximum atomic E-state index is 11.9. The number of benzene rings is 3. The van der Waals surface area contributed by atoms with Crippen LogP contribution in [-0.2, 0) is 4.74 Å². The first-order valence-electron chi connectivity index (χ1n) is 6.63. The fourth-order valence-electron chi connectivity index (χ4n) is 2.43. The second-order valence-electron chi connectivity index (χ2n) is 4.72. The number of halogens is 1. The summed E-state index contributed by atoms with van der Waals surface area (Å²) in [5, 5.41) is 13.8. The van der Waals surface area contributed by atoms with Crippen molar-refractivity contribution in [2.45, 2.75) is 6.92 Å². The summed E-state index contributed by atoms with van der Waals surface area (Å²) in [6.45, 7) is 2.05. The van der Waals surface area contributed by atoms with Crippen molar-refractivity contribution in [2.75, 3.05) is 6.61 Å². The van der Waals surface area contributed by atoms with E-state index in [1.165, 1.54) is 6.07 Å². The Labute approximate surface area is 130 Å². The molecule has 0 amide bonds. The summed E-state index contributed by atoms with van der Waals surface area (Å²) in [5.74, 6) is -0.364. The Balaban J connectivity index is 2.33. The smallest absolute Gasteiger partial charge is 0.338 e. The fourth-order valence-corrected chi connectivity index (χ4v) is 3.12. The molecule has 3 rings (SSSR count). The highest BCUT2D eigenvalue weighted by Crippen LogP contribution is 2.37. The van der Waals surface area contributed by atoms with Gasteiger partial charge in [0.05, 0.1) is 12.2 Å². The highest BCUT2D eigenvalue weighted by Gasteiger charge is 2.14. The van der Waals surface area contributed by atoms with Gasteiger partial charge in [-0.3, -0.25) is 0 Å². The van der Waals surface area contributed by atoms with E-state index in [0.717, 1.165) is 20.6 Å². The van der Waals surface area contributed by atoms with Gasteiger partial charge in [0.15, 0.2) is 0 Å². The molecular formula is C17H13BrO3. The largest absolute Gasteiger partial charge is 0.507 e. The second kappa shape index (κ2) is 5.37. The topological polar surface area (TPSA) is 46.5 Å². The lowest BCUT2D eigenvalue weighted by Gasteiger charge is -2.10. The van der Waals surface area contributed by atoms with Gasteiger partial charge >= 0.3 is 5.97 Å². The molecule has 0 heterocycles. The Bertz CT molecular complexity index is 855. The molecule has 0 aliphatic rings. The monoisotopic (exact) mass is 344 g/mol. The average molecular weight is 345 g/mol. The van der Waals surface area contributed by atoms with Gasteiger partial charge in [0.25, 0.3) is 0 Å². The number of carbonyl (C=O) groups excluding carboxylic acids is 1. The van der Waals surface area contributed by atoms with Crippen LogP contribution in [0.2, 0.25) is 0 Å². The molecule has 0 aliphatic carbocycles. The molecule has 0 atom stereocenters. The van der Waals surface area contributed by atoms with Crippen molar-refractivity contribution in [3.63, 3.8) is 0 Å². The van der Waals surface area contributed by atoms with Gasteiger partial charge in [0.1, 0.15) is 5.75 Å². The van der Waals surface area contributed by atoms with Gasteiger partial charge in [-0.25, -0.2) is 4.79 Å². The summed E-state index contributed by atoms with van der Waals surface area (Å²) in [4.78, 5) is 11.9. The number of carbonyl (C=O) groups is 1. The lowest BCUT2D eigenvalue weighted by atomic mass is 10.0. The van der Waals surface area contributed by atoms with Crippen molar-refractivity contribution in [1.82, 2.24) is 0 Å². The molecule has 106 valence electrons. The van der Waals surface area contributed by atoms with Crippen molar-refractivity contribution in [3.05, 3.63) is 52.5 Å². The number of fused-ring (bicyclic) bond motifs is 2. The normalized spacial score (nSPS) is 11.0. The van der Waals surface area contributed by atoms with Crippen molar-refractivity contribution < 1.29 is 14.6 Å². The van der Waals surface area contributed by atoms with Gasteiger partial charge in [0.2, 0.25) is 0 Å². The van der Waals surface area contributed by atoms with Gasteiger partial charge in [-0.1, -0.05) is 24.3 Å². The lowest BCUT2D eigenvalue weighted by Crippen LogP contribution is -2.04. The molecule has 0 unspecified atom stereocenters. The first-order valence-corrected chi connectivity index (χ1v) is 7.42. The molecule has 3 aromatic carbocycles. The third kappa shape index (κ3) is 2.36. The van der Waals surface area contributed by atoms with E-state index >= 15 is 0 Å². The van der Waals surface area contributed by atoms with Crippen molar-refractivity contribution in [2.24, 2.45) is 0 Å². The molecular weight excluding hydrogens is 332 g/mol. The number of rotatable bonds is 2. The quantitative estimate of drug-likeness (QED) is 0.544. The van der Waals surface area contributed by atoms with Crippen molar-refractivity contribution >= 4 is 43.4 Å². The van der Waals surface area contributed by atoms with Crippen LogP contribution in [0.15, 0.2) is 46.9 Å². The summed E-state index contributed by atoms with van der Waals surface area (Å²) < 4.78 is 5.85. The number of phenolic OH excluding ortho intramolecular Hbond substituents is 1. The Kier molecular flexibility index (Phi) is 3.55. The van der Waals surface area contributed by atoms with Crippen LogP contribution in [0.25, 0.3) is 21.5 Å². The van der Waals surface area contributed by atoms with E-state index in [4.69, 9.17) is 4.74 Å². The number of ether oxygens (including phenoxy) is 1. The molecule has 0 saturated carbocycles. The molecule has 0 saturated heterocycles. The van der Waals surface area contributed by atoms with Crippen LogP contribution >= 0.6 is 15.9 Å². The van der Waals surface area contributed by atoms with Gasteiger partial charge in [-0.05, 0) is 51.8 Å². The Morgan fingerprint density at radius 3 is 2.67 bits per heavy atom. The third-order valence-corrected chi connectivity index (χ3v) is 4.26. The second-order valence-corrected chi connectivity index (χ2v) is 5.52. The molecule has 0 fully saturated rings. The maximum absolute atomic E-state index is 11.9. The summed E-state index contributed by atoms with van der Waals surface area (Å²) in [6, 6.07) is 13.0. The molecule has 3 nitrogen and oxygen atoms in total. The van der Waals surface area contributed by atoms with Crippen molar-refractivity contribution in [1.29, 1.82) is 0 Å². The minimum atomic E-state index is -0.435. The van der Waals surface area contributed by atoms with E-state index in [-0.39, 0.29) is 5.75 Å². The third-order valence-electron chi connectivity index (χ3n) is 3.40. The molecule has 3 aromatic rings. The predicted molar refractivity (Wildman–Crippen MR) is 86.8 cm³/mol. The molecule has 1 N–H and O–H groups in total. The van der Waals surface area contributed by atoms with E-state index in [1.807, 2.05) is 30.3 Å². The molecule has 4 heteroatoms. The molecule has 0 bridgehead atoms. The van der Waals surface area contributed by atoms with Crippen LogP contribution < -0.4 is 0 Å². The fraction of sp³-hybridized carbons (Fsp3) is 0.118. The number of hydrogen-bond donors (Lipinski definition) is 1.